The van der Waals surface area contributed by atoms with Crippen molar-refractivity contribution in [2.75, 3.05) is 20.2 Å². The Morgan fingerprint density at radius 3 is 2.56 bits per heavy atom. The van der Waals surface area contributed by atoms with Gasteiger partial charge in [-0.2, -0.15) is 0 Å². The van der Waals surface area contributed by atoms with Crippen molar-refractivity contribution in [1.29, 1.82) is 0 Å². The minimum absolute atomic E-state index is 0.395. The minimum atomic E-state index is 0.395. The topological polar surface area (TPSA) is 24.5 Å². The average Bonchev–Trinajstić information content (AvgIpc) is 2.82. The van der Waals surface area contributed by atoms with Crippen LogP contribution in [0.4, 0.5) is 0 Å². The second kappa shape index (κ2) is 6.88. The first-order chi connectivity index (χ1) is 8.68. The maximum atomic E-state index is 5.67. The Bertz CT molecular complexity index is 241. The van der Waals surface area contributed by atoms with Crippen LogP contribution in [0.5, 0.6) is 0 Å². The highest BCUT2D eigenvalue weighted by atomic mass is 16.5. The number of nitrogens with one attached hydrogen (secondary N) is 1. The zero-order valence-corrected chi connectivity index (χ0v) is 12.3. The molecule has 1 N–H and O–H groups in total. The molecule has 3 heteroatoms. The van der Waals surface area contributed by atoms with Gasteiger partial charge in [-0.05, 0) is 40.2 Å². The highest BCUT2D eigenvalue weighted by molar-refractivity contribution is 4.84. The molecule has 1 aliphatic carbocycles. The van der Waals surface area contributed by atoms with E-state index in [-0.39, 0.29) is 0 Å². The predicted octanol–water partition coefficient (Wildman–Crippen LogP) is 2.41. The van der Waals surface area contributed by atoms with E-state index in [9.17, 15) is 0 Å². The van der Waals surface area contributed by atoms with Gasteiger partial charge in [0.25, 0.3) is 0 Å². The van der Waals surface area contributed by atoms with Crippen molar-refractivity contribution in [1.82, 2.24) is 10.2 Å². The van der Waals surface area contributed by atoms with E-state index < -0.39 is 0 Å². The van der Waals surface area contributed by atoms with Gasteiger partial charge in [0, 0.05) is 31.3 Å². The summed E-state index contributed by atoms with van der Waals surface area (Å²) in [5.41, 5.74) is 0. The molecule has 2 rings (SSSR count). The molecular formula is C15H30N2O. The van der Waals surface area contributed by atoms with Crippen LogP contribution in [0.25, 0.3) is 0 Å². The van der Waals surface area contributed by atoms with Crippen LogP contribution >= 0.6 is 0 Å². The lowest BCUT2D eigenvalue weighted by Crippen LogP contribution is -2.48. The van der Waals surface area contributed by atoms with E-state index in [0.717, 1.165) is 19.2 Å². The molecule has 0 radical (unpaired) electrons. The molecule has 0 bridgehead atoms. The van der Waals surface area contributed by atoms with Gasteiger partial charge in [0.1, 0.15) is 0 Å². The summed E-state index contributed by atoms with van der Waals surface area (Å²) < 4.78 is 5.67. The molecule has 1 heterocycles. The average molecular weight is 254 g/mol. The molecule has 1 aliphatic heterocycles. The van der Waals surface area contributed by atoms with E-state index in [1.807, 2.05) is 0 Å². The van der Waals surface area contributed by atoms with Gasteiger partial charge in [-0.15, -0.1) is 0 Å². The molecule has 0 aromatic carbocycles. The van der Waals surface area contributed by atoms with Crippen molar-refractivity contribution in [3.05, 3.63) is 0 Å². The van der Waals surface area contributed by atoms with Crippen molar-refractivity contribution in [3.8, 4) is 0 Å². The van der Waals surface area contributed by atoms with Crippen LogP contribution < -0.4 is 5.32 Å². The van der Waals surface area contributed by atoms with E-state index in [1.165, 1.54) is 38.5 Å². The summed E-state index contributed by atoms with van der Waals surface area (Å²) in [6, 6.07) is 1.97. The molecule has 0 aromatic heterocycles. The third-order valence-electron chi connectivity index (χ3n) is 4.86. The van der Waals surface area contributed by atoms with Crippen molar-refractivity contribution >= 4 is 0 Å². The Hall–Kier alpha value is -0.120. The van der Waals surface area contributed by atoms with Crippen LogP contribution in [0.2, 0.25) is 0 Å². The standard InChI is InChI=1S/C15H30N2O/c1-12(11-16-14-7-5-4-6-8-14)17(3)15-9-10-18-13(15)2/h12-16H,4-11H2,1-3H3. The van der Waals surface area contributed by atoms with Crippen LogP contribution in [-0.2, 0) is 4.74 Å². The van der Waals surface area contributed by atoms with Crippen LogP contribution in [-0.4, -0.2) is 49.3 Å². The number of hydrogen-bond acceptors (Lipinski definition) is 3. The number of rotatable bonds is 5. The fraction of sp³-hybridized carbons (Fsp3) is 1.00. The van der Waals surface area contributed by atoms with E-state index in [1.54, 1.807) is 0 Å². The molecule has 0 aromatic rings. The first kappa shape index (κ1) is 14.3. The van der Waals surface area contributed by atoms with Crippen LogP contribution in [0, 0.1) is 0 Å². The van der Waals surface area contributed by atoms with Crippen LogP contribution in [0.1, 0.15) is 52.4 Å². The Morgan fingerprint density at radius 1 is 1.22 bits per heavy atom. The van der Waals surface area contributed by atoms with Crippen molar-refractivity contribution < 1.29 is 4.74 Å². The quantitative estimate of drug-likeness (QED) is 0.815. The van der Waals surface area contributed by atoms with E-state index in [4.69, 9.17) is 4.74 Å². The zero-order chi connectivity index (χ0) is 13.0. The van der Waals surface area contributed by atoms with E-state index in [0.29, 0.717) is 18.2 Å². The molecule has 1 saturated carbocycles. The van der Waals surface area contributed by atoms with Gasteiger partial charge in [0.05, 0.1) is 6.10 Å². The van der Waals surface area contributed by atoms with Crippen molar-refractivity contribution in [2.24, 2.45) is 0 Å². The lowest BCUT2D eigenvalue weighted by Gasteiger charge is -2.34. The van der Waals surface area contributed by atoms with Crippen LogP contribution in [0.3, 0.4) is 0 Å². The molecule has 2 aliphatic rings. The van der Waals surface area contributed by atoms with Gasteiger partial charge in [-0.1, -0.05) is 19.3 Å². The summed E-state index contributed by atoms with van der Waals surface area (Å²) in [5.74, 6) is 0. The van der Waals surface area contributed by atoms with Gasteiger partial charge in [-0.25, -0.2) is 0 Å². The SMILES string of the molecule is CC1OCCC1N(C)C(C)CNC1CCCCC1. The summed E-state index contributed by atoms with van der Waals surface area (Å²) in [4.78, 5) is 2.51. The Balaban J connectivity index is 1.71. The minimum Gasteiger partial charge on any atom is -0.377 e. The van der Waals surface area contributed by atoms with Gasteiger partial charge in [-0.3, -0.25) is 4.90 Å². The Morgan fingerprint density at radius 2 is 1.94 bits per heavy atom. The van der Waals surface area contributed by atoms with Gasteiger partial charge >= 0.3 is 0 Å². The summed E-state index contributed by atoms with van der Waals surface area (Å²) in [6.45, 7) is 6.58. The molecule has 1 saturated heterocycles. The van der Waals surface area contributed by atoms with Crippen molar-refractivity contribution in [3.63, 3.8) is 0 Å². The molecule has 0 amide bonds. The molecular weight excluding hydrogens is 224 g/mol. The van der Waals surface area contributed by atoms with Gasteiger partial charge in [0.15, 0.2) is 0 Å². The lowest BCUT2D eigenvalue weighted by molar-refractivity contribution is 0.0696. The fourth-order valence-electron chi connectivity index (χ4n) is 3.37. The fourth-order valence-corrected chi connectivity index (χ4v) is 3.37. The summed E-state index contributed by atoms with van der Waals surface area (Å²) in [6.07, 6.45) is 8.59. The largest absolute Gasteiger partial charge is 0.377 e. The number of nitrogens with zero attached hydrogens (tertiary/aromatic N) is 1. The third-order valence-corrected chi connectivity index (χ3v) is 4.86. The van der Waals surface area contributed by atoms with Gasteiger partial charge < -0.3 is 10.1 Å². The van der Waals surface area contributed by atoms with Crippen molar-refractivity contribution in [2.45, 2.75) is 76.6 Å². The summed E-state index contributed by atoms with van der Waals surface area (Å²) in [5, 5.41) is 3.76. The summed E-state index contributed by atoms with van der Waals surface area (Å²) >= 11 is 0. The maximum absolute atomic E-state index is 5.67. The number of hydrogen-bond donors (Lipinski definition) is 1. The highest BCUT2D eigenvalue weighted by Crippen LogP contribution is 2.21. The second-order valence-electron chi connectivity index (χ2n) is 6.19. The molecule has 18 heavy (non-hydrogen) atoms. The number of likely N-dealkylation sites (N-methyl/N-ethyl adjacent to an activating group) is 1. The van der Waals surface area contributed by atoms with E-state index in [2.05, 4.69) is 31.1 Å². The normalized spacial score (nSPS) is 32.0. The molecule has 3 atom stereocenters. The van der Waals surface area contributed by atoms with Gasteiger partial charge in [0.2, 0.25) is 0 Å². The number of ether oxygens (including phenoxy) is 1. The third kappa shape index (κ3) is 3.69. The monoisotopic (exact) mass is 254 g/mol. The van der Waals surface area contributed by atoms with Crippen LogP contribution in [0.15, 0.2) is 0 Å². The second-order valence-corrected chi connectivity index (χ2v) is 6.19. The Labute approximate surface area is 112 Å². The zero-order valence-electron chi connectivity index (χ0n) is 12.3. The Kier molecular flexibility index (Phi) is 5.46. The lowest BCUT2D eigenvalue weighted by atomic mass is 9.95. The first-order valence-electron chi connectivity index (χ1n) is 7.75. The molecule has 0 spiro atoms. The molecule has 3 unspecified atom stereocenters. The van der Waals surface area contributed by atoms with E-state index >= 15 is 0 Å². The molecule has 2 fully saturated rings. The smallest absolute Gasteiger partial charge is 0.0703 e. The first-order valence-corrected chi connectivity index (χ1v) is 7.75. The molecule has 3 nitrogen and oxygen atoms in total. The summed E-state index contributed by atoms with van der Waals surface area (Å²) in [7, 11) is 2.25. The highest BCUT2D eigenvalue weighted by Gasteiger charge is 2.30. The molecule has 106 valence electrons. The predicted molar refractivity (Wildman–Crippen MR) is 75.9 cm³/mol. The maximum Gasteiger partial charge on any atom is 0.0703 e.